The maximum atomic E-state index is 3.33. The molecule has 1 N–H and O–H groups in total. The van der Waals surface area contributed by atoms with Crippen LogP contribution in [0, 0.1) is 0 Å². The van der Waals surface area contributed by atoms with Crippen molar-refractivity contribution in [2.75, 3.05) is 20.1 Å². The molecular formula is C14H20N2. The molecular weight excluding hydrogens is 196 g/mol. The van der Waals surface area contributed by atoms with Crippen molar-refractivity contribution in [3.8, 4) is 0 Å². The van der Waals surface area contributed by atoms with Crippen LogP contribution < -0.4 is 5.32 Å². The summed E-state index contributed by atoms with van der Waals surface area (Å²) in [6.45, 7) is 3.41. The molecule has 0 amide bonds. The molecule has 1 fully saturated rings. The van der Waals surface area contributed by atoms with Crippen LogP contribution in [-0.2, 0) is 19.4 Å². The van der Waals surface area contributed by atoms with Crippen molar-refractivity contribution in [2.24, 2.45) is 0 Å². The van der Waals surface area contributed by atoms with Crippen molar-refractivity contribution in [3.63, 3.8) is 0 Å². The summed E-state index contributed by atoms with van der Waals surface area (Å²) in [6, 6.07) is 7.82. The average molecular weight is 216 g/mol. The SMILES string of the molecule is CN(Cc1ccc2c(c1)CCC2)C1CNC1. The lowest BCUT2D eigenvalue weighted by atomic mass is 10.0. The van der Waals surface area contributed by atoms with Gasteiger partial charge in [0.25, 0.3) is 0 Å². The fourth-order valence-electron chi connectivity index (χ4n) is 2.73. The largest absolute Gasteiger partial charge is 0.314 e. The Balaban J connectivity index is 1.69. The summed E-state index contributed by atoms with van der Waals surface area (Å²) in [5.41, 5.74) is 4.66. The molecule has 86 valence electrons. The maximum Gasteiger partial charge on any atom is 0.0345 e. The summed E-state index contributed by atoms with van der Waals surface area (Å²) < 4.78 is 0. The van der Waals surface area contributed by atoms with Gasteiger partial charge in [-0.2, -0.15) is 0 Å². The Morgan fingerprint density at radius 3 is 2.81 bits per heavy atom. The van der Waals surface area contributed by atoms with Crippen LogP contribution in [0.1, 0.15) is 23.1 Å². The number of nitrogens with one attached hydrogen (secondary N) is 1. The number of rotatable bonds is 3. The Morgan fingerprint density at radius 1 is 1.25 bits per heavy atom. The molecule has 2 heteroatoms. The molecule has 1 aliphatic carbocycles. The molecule has 0 unspecified atom stereocenters. The lowest BCUT2D eigenvalue weighted by Gasteiger charge is -2.35. The van der Waals surface area contributed by atoms with E-state index in [4.69, 9.17) is 0 Å². The fraction of sp³-hybridized carbons (Fsp3) is 0.571. The van der Waals surface area contributed by atoms with Crippen molar-refractivity contribution < 1.29 is 0 Å². The van der Waals surface area contributed by atoms with E-state index in [2.05, 4.69) is 35.5 Å². The van der Waals surface area contributed by atoms with Gasteiger partial charge in [0.2, 0.25) is 0 Å². The minimum Gasteiger partial charge on any atom is -0.314 e. The highest BCUT2D eigenvalue weighted by Gasteiger charge is 2.21. The van der Waals surface area contributed by atoms with Crippen LogP contribution in [0.3, 0.4) is 0 Å². The Kier molecular flexibility index (Phi) is 2.70. The first kappa shape index (κ1) is 10.3. The van der Waals surface area contributed by atoms with Crippen LogP contribution in [0.25, 0.3) is 0 Å². The van der Waals surface area contributed by atoms with Gasteiger partial charge < -0.3 is 5.32 Å². The molecule has 0 aromatic heterocycles. The van der Waals surface area contributed by atoms with E-state index >= 15 is 0 Å². The number of hydrogen-bond acceptors (Lipinski definition) is 2. The highest BCUT2D eigenvalue weighted by Crippen LogP contribution is 2.23. The van der Waals surface area contributed by atoms with E-state index in [9.17, 15) is 0 Å². The van der Waals surface area contributed by atoms with Crippen molar-refractivity contribution >= 4 is 0 Å². The number of likely N-dealkylation sites (N-methyl/N-ethyl adjacent to an activating group) is 1. The van der Waals surface area contributed by atoms with Gasteiger partial charge in [-0.1, -0.05) is 18.2 Å². The third-order valence-electron chi connectivity index (χ3n) is 3.98. The molecule has 1 aromatic rings. The summed E-state index contributed by atoms with van der Waals surface area (Å²) in [5.74, 6) is 0. The predicted octanol–water partition coefficient (Wildman–Crippen LogP) is 1.58. The molecule has 0 bridgehead atoms. The van der Waals surface area contributed by atoms with Crippen LogP contribution in [0.2, 0.25) is 0 Å². The topological polar surface area (TPSA) is 15.3 Å². The van der Waals surface area contributed by atoms with Crippen LogP contribution in [-0.4, -0.2) is 31.1 Å². The smallest absolute Gasteiger partial charge is 0.0345 e. The van der Waals surface area contributed by atoms with E-state index in [-0.39, 0.29) is 0 Å². The zero-order chi connectivity index (χ0) is 11.0. The van der Waals surface area contributed by atoms with Gasteiger partial charge >= 0.3 is 0 Å². The van der Waals surface area contributed by atoms with Gasteiger partial charge in [0.05, 0.1) is 0 Å². The van der Waals surface area contributed by atoms with Crippen molar-refractivity contribution in [3.05, 3.63) is 34.9 Å². The molecule has 2 nitrogen and oxygen atoms in total. The first-order valence-corrected chi connectivity index (χ1v) is 6.34. The number of aryl methyl sites for hydroxylation is 2. The standard InChI is InChI=1S/C14H20N2/c1-16(14-8-15-9-14)10-11-5-6-12-3-2-4-13(12)7-11/h5-7,14-15H,2-4,8-10H2,1H3. The summed E-state index contributed by atoms with van der Waals surface area (Å²) in [7, 11) is 2.23. The quantitative estimate of drug-likeness (QED) is 0.825. The van der Waals surface area contributed by atoms with Crippen molar-refractivity contribution in [2.45, 2.75) is 31.8 Å². The average Bonchev–Trinajstić information content (AvgIpc) is 2.61. The van der Waals surface area contributed by atoms with Gasteiger partial charge in [0.15, 0.2) is 0 Å². The van der Waals surface area contributed by atoms with E-state index in [1.165, 1.54) is 24.8 Å². The number of benzene rings is 1. The first-order chi connectivity index (χ1) is 7.83. The summed E-state index contributed by atoms with van der Waals surface area (Å²) in [4.78, 5) is 2.47. The molecule has 3 rings (SSSR count). The van der Waals surface area contributed by atoms with E-state index in [0.29, 0.717) is 0 Å². The predicted molar refractivity (Wildman–Crippen MR) is 66.6 cm³/mol. The maximum absolute atomic E-state index is 3.33. The molecule has 0 saturated carbocycles. The van der Waals surface area contributed by atoms with E-state index in [1.54, 1.807) is 11.1 Å². The van der Waals surface area contributed by atoms with E-state index < -0.39 is 0 Å². The third-order valence-corrected chi connectivity index (χ3v) is 3.98. The second kappa shape index (κ2) is 4.19. The fourth-order valence-corrected chi connectivity index (χ4v) is 2.73. The lowest BCUT2D eigenvalue weighted by Crippen LogP contribution is -2.55. The minimum atomic E-state index is 0.744. The Labute approximate surface area is 97.6 Å². The van der Waals surface area contributed by atoms with Gasteiger partial charge in [-0.3, -0.25) is 4.90 Å². The highest BCUT2D eigenvalue weighted by atomic mass is 15.2. The zero-order valence-corrected chi connectivity index (χ0v) is 10.00. The van der Waals surface area contributed by atoms with Crippen LogP contribution >= 0.6 is 0 Å². The number of fused-ring (bicyclic) bond motifs is 1. The molecule has 0 atom stereocenters. The number of nitrogens with zero attached hydrogens (tertiary/aromatic N) is 1. The molecule has 1 saturated heterocycles. The molecule has 1 aliphatic heterocycles. The molecule has 0 radical (unpaired) electrons. The summed E-state index contributed by atoms with van der Waals surface area (Å²) in [5, 5.41) is 3.33. The molecule has 2 aliphatic rings. The Bertz CT molecular complexity index is 382. The second-order valence-electron chi connectivity index (χ2n) is 5.18. The van der Waals surface area contributed by atoms with Gasteiger partial charge in [-0.05, 0) is 43.0 Å². The monoisotopic (exact) mass is 216 g/mol. The molecule has 1 heterocycles. The van der Waals surface area contributed by atoms with Crippen molar-refractivity contribution in [1.29, 1.82) is 0 Å². The van der Waals surface area contributed by atoms with Crippen LogP contribution in [0.4, 0.5) is 0 Å². The normalized spacial score (nSPS) is 19.9. The third kappa shape index (κ3) is 1.87. The highest BCUT2D eigenvalue weighted by molar-refractivity contribution is 5.35. The van der Waals surface area contributed by atoms with Crippen LogP contribution in [0.5, 0.6) is 0 Å². The molecule has 16 heavy (non-hydrogen) atoms. The number of hydrogen-bond donors (Lipinski definition) is 1. The van der Waals surface area contributed by atoms with Crippen LogP contribution in [0.15, 0.2) is 18.2 Å². The van der Waals surface area contributed by atoms with E-state index in [0.717, 1.165) is 25.7 Å². The zero-order valence-electron chi connectivity index (χ0n) is 10.00. The summed E-state index contributed by atoms with van der Waals surface area (Å²) in [6.07, 6.45) is 3.93. The van der Waals surface area contributed by atoms with Gasteiger partial charge in [-0.15, -0.1) is 0 Å². The Morgan fingerprint density at radius 2 is 2.06 bits per heavy atom. The molecule has 0 spiro atoms. The summed E-state index contributed by atoms with van der Waals surface area (Å²) >= 11 is 0. The van der Waals surface area contributed by atoms with Gasteiger partial charge in [-0.25, -0.2) is 0 Å². The minimum absolute atomic E-state index is 0.744. The van der Waals surface area contributed by atoms with E-state index in [1.807, 2.05) is 0 Å². The lowest BCUT2D eigenvalue weighted by molar-refractivity contribution is 0.173. The second-order valence-corrected chi connectivity index (χ2v) is 5.18. The Hall–Kier alpha value is -0.860. The van der Waals surface area contributed by atoms with Crippen molar-refractivity contribution in [1.82, 2.24) is 10.2 Å². The van der Waals surface area contributed by atoms with Gasteiger partial charge in [0, 0.05) is 25.7 Å². The molecule has 1 aromatic carbocycles. The van der Waals surface area contributed by atoms with Gasteiger partial charge in [0.1, 0.15) is 0 Å². The first-order valence-electron chi connectivity index (χ1n) is 6.34.